The second kappa shape index (κ2) is 2.99. The monoisotopic (exact) mass is 190 g/mol. The van der Waals surface area contributed by atoms with Crippen LogP contribution in [0.15, 0.2) is 24.2 Å². The largest absolute Gasteiger partial charge is 0.388 e. The Morgan fingerprint density at radius 3 is 3.00 bits per heavy atom. The number of nitrogens with one attached hydrogen (secondary N) is 2. The number of aromatic nitrogens is 2. The van der Waals surface area contributed by atoms with Crippen LogP contribution in [0.4, 0.5) is 0 Å². The molecule has 0 spiro atoms. The normalized spacial score (nSPS) is 25.2. The highest BCUT2D eigenvalue weighted by molar-refractivity contribution is 5.56. The molecule has 74 valence electrons. The third kappa shape index (κ3) is 1.33. The van der Waals surface area contributed by atoms with Crippen LogP contribution >= 0.6 is 0 Å². The summed E-state index contributed by atoms with van der Waals surface area (Å²) in [5.41, 5.74) is 8.51. The average Bonchev–Trinajstić information content (AvgIpc) is 2.56. The van der Waals surface area contributed by atoms with E-state index in [1.54, 1.807) is 6.33 Å². The summed E-state index contributed by atoms with van der Waals surface area (Å²) < 4.78 is 0. The summed E-state index contributed by atoms with van der Waals surface area (Å²) in [6.45, 7) is 1.95. The zero-order valence-electron chi connectivity index (χ0n) is 8.33. The van der Waals surface area contributed by atoms with Gasteiger partial charge in [0.25, 0.3) is 0 Å². The van der Waals surface area contributed by atoms with Crippen LogP contribution in [0.2, 0.25) is 0 Å². The van der Waals surface area contributed by atoms with Gasteiger partial charge in [-0.3, -0.25) is 0 Å². The molecule has 4 heteroatoms. The van der Waals surface area contributed by atoms with Crippen LogP contribution in [-0.4, -0.2) is 17.0 Å². The molecule has 2 rings (SSSR count). The molecule has 0 aromatic carbocycles. The van der Waals surface area contributed by atoms with Crippen molar-refractivity contribution in [3.63, 3.8) is 0 Å². The van der Waals surface area contributed by atoms with Gasteiger partial charge in [-0.15, -0.1) is 0 Å². The van der Waals surface area contributed by atoms with Gasteiger partial charge in [0.15, 0.2) is 0 Å². The Morgan fingerprint density at radius 2 is 2.29 bits per heavy atom. The van der Waals surface area contributed by atoms with E-state index >= 15 is 0 Å². The SMILES string of the molecule is CNC1=CC(C)(N)c2[nH]cnc2C=C1. The molecule has 0 amide bonds. The van der Waals surface area contributed by atoms with Crippen molar-refractivity contribution in [2.24, 2.45) is 5.73 Å². The van der Waals surface area contributed by atoms with E-state index < -0.39 is 5.54 Å². The highest BCUT2D eigenvalue weighted by atomic mass is 14.9. The number of likely N-dealkylation sites (N-methyl/N-ethyl adjacent to an activating group) is 1. The highest BCUT2D eigenvalue weighted by Gasteiger charge is 2.25. The van der Waals surface area contributed by atoms with Crippen LogP contribution in [-0.2, 0) is 5.54 Å². The van der Waals surface area contributed by atoms with Gasteiger partial charge >= 0.3 is 0 Å². The Balaban J connectivity index is 2.54. The van der Waals surface area contributed by atoms with Crippen LogP contribution < -0.4 is 11.1 Å². The van der Waals surface area contributed by atoms with Crippen LogP contribution in [0.1, 0.15) is 18.3 Å². The average molecular weight is 190 g/mol. The summed E-state index contributed by atoms with van der Waals surface area (Å²) in [5, 5.41) is 3.08. The maximum absolute atomic E-state index is 6.17. The molecule has 0 saturated heterocycles. The van der Waals surface area contributed by atoms with E-state index in [1.807, 2.05) is 32.2 Å². The molecule has 1 heterocycles. The molecule has 1 aromatic heterocycles. The second-order valence-electron chi connectivity index (χ2n) is 3.63. The predicted molar refractivity (Wildman–Crippen MR) is 56.3 cm³/mol. The predicted octanol–water partition coefficient (Wildman–Crippen LogP) is 0.714. The first-order chi connectivity index (χ1) is 6.63. The highest BCUT2D eigenvalue weighted by Crippen LogP contribution is 2.25. The molecule has 0 bridgehead atoms. The molecule has 0 radical (unpaired) electrons. The van der Waals surface area contributed by atoms with Crippen LogP contribution in [0.25, 0.3) is 6.08 Å². The first kappa shape index (κ1) is 9.02. The van der Waals surface area contributed by atoms with E-state index in [4.69, 9.17) is 5.73 Å². The molecular formula is C10H14N4. The molecule has 1 atom stereocenters. The van der Waals surface area contributed by atoms with Crippen LogP contribution in [0, 0.1) is 0 Å². The fraction of sp³-hybridized carbons (Fsp3) is 0.300. The maximum Gasteiger partial charge on any atom is 0.0929 e. The summed E-state index contributed by atoms with van der Waals surface area (Å²) >= 11 is 0. The van der Waals surface area contributed by atoms with Gasteiger partial charge in [-0.1, -0.05) is 0 Å². The summed E-state index contributed by atoms with van der Waals surface area (Å²) in [4.78, 5) is 7.27. The van der Waals surface area contributed by atoms with Gasteiger partial charge in [0.1, 0.15) is 0 Å². The molecule has 1 aliphatic carbocycles. The lowest BCUT2D eigenvalue weighted by Crippen LogP contribution is -2.32. The summed E-state index contributed by atoms with van der Waals surface area (Å²) in [7, 11) is 1.87. The number of hydrogen-bond acceptors (Lipinski definition) is 3. The fourth-order valence-electron chi connectivity index (χ4n) is 1.63. The number of fused-ring (bicyclic) bond motifs is 1. The van der Waals surface area contributed by atoms with Gasteiger partial charge in [-0.25, -0.2) is 4.98 Å². The van der Waals surface area contributed by atoms with Gasteiger partial charge in [0, 0.05) is 12.7 Å². The maximum atomic E-state index is 6.17. The van der Waals surface area contributed by atoms with Crippen molar-refractivity contribution in [1.29, 1.82) is 0 Å². The Bertz CT molecular complexity index is 398. The van der Waals surface area contributed by atoms with Crippen molar-refractivity contribution in [3.8, 4) is 0 Å². The van der Waals surface area contributed by atoms with Gasteiger partial charge in [-0.05, 0) is 25.2 Å². The number of nitrogens with zero attached hydrogens (tertiary/aromatic N) is 1. The first-order valence-electron chi connectivity index (χ1n) is 4.55. The third-order valence-corrected chi connectivity index (χ3v) is 2.37. The molecule has 1 aliphatic rings. The standard InChI is InChI=1S/C10H14N4/c1-10(11)5-7(12-2)3-4-8-9(10)14-6-13-8/h3-6,12H,11H2,1-2H3,(H,13,14). The number of aromatic amines is 1. The smallest absolute Gasteiger partial charge is 0.0929 e. The number of allylic oxidation sites excluding steroid dienone is 1. The number of nitrogens with two attached hydrogens (primary N) is 1. The minimum atomic E-state index is -0.506. The summed E-state index contributed by atoms with van der Waals surface area (Å²) in [5.74, 6) is 0. The number of H-pyrrole nitrogens is 1. The number of rotatable bonds is 1. The van der Waals surface area contributed by atoms with Crippen molar-refractivity contribution in [2.45, 2.75) is 12.5 Å². The van der Waals surface area contributed by atoms with E-state index in [9.17, 15) is 0 Å². The van der Waals surface area contributed by atoms with Gasteiger partial charge in [-0.2, -0.15) is 0 Å². The quantitative estimate of drug-likeness (QED) is 0.611. The van der Waals surface area contributed by atoms with Crippen molar-refractivity contribution in [3.05, 3.63) is 35.6 Å². The molecule has 0 fully saturated rings. The van der Waals surface area contributed by atoms with E-state index in [-0.39, 0.29) is 0 Å². The minimum Gasteiger partial charge on any atom is -0.388 e. The summed E-state index contributed by atoms with van der Waals surface area (Å²) in [6, 6.07) is 0. The zero-order chi connectivity index (χ0) is 10.2. The zero-order valence-corrected chi connectivity index (χ0v) is 8.33. The second-order valence-corrected chi connectivity index (χ2v) is 3.63. The van der Waals surface area contributed by atoms with E-state index in [1.165, 1.54) is 0 Å². The third-order valence-electron chi connectivity index (χ3n) is 2.37. The molecule has 1 aromatic rings. The summed E-state index contributed by atoms with van der Waals surface area (Å²) in [6.07, 6.45) is 7.57. The Labute approximate surface area is 82.9 Å². The molecule has 4 N–H and O–H groups in total. The van der Waals surface area contributed by atoms with Gasteiger partial charge in [0.05, 0.1) is 23.3 Å². The Kier molecular flexibility index (Phi) is 1.93. The van der Waals surface area contributed by atoms with E-state index in [2.05, 4.69) is 15.3 Å². The number of imidazole rings is 1. The van der Waals surface area contributed by atoms with Crippen LogP contribution in [0.3, 0.4) is 0 Å². The minimum absolute atomic E-state index is 0.506. The molecular weight excluding hydrogens is 176 g/mol. The lowest BCUT2D eigenvalue weighted by Gasteiger charge is -2.19. The molecule has 4 nitrogen and oxygen atoms in total. The van der Waals surface area contributed by atoms with E-state index in [0.29, 0.717) is 0 Å². The van der Waals surface area contributed by atoms with Gasteiger partial charge in [0.2, 0.25) is 0 Å². The lowest BCUT2D eigenvalue weighted by molar-refractivity contribution is 0.604. The topological polar surface area (TPSA) is 66.7 Å². The molecule has 14 heavy (non-hydrogen) atoms. The van der Waals surface area contributed by atoms with Crippen molar-refractivity contribution in [2.75, 3.05) is 7.05 Å². The van der Waals surface area contributed by atoms with Gasteiger partial charge < -0.3 is 16.0 Å². The van der Waals surface area contributed by atoms with Crippen molar-refractivity contribution < 1.29 is 0 Å². The van der Waals surface area contributed by atoms with E-state index in [0.717, 1.165) is 17.1 Å². The first-order valence-corrected chi connectivity index (χ1v) is 4.55. The molecule has 0 aliphatic heterocycles. The molecule has 0 saturated carbocycles. The van der Waals surface area contributed by atoms with Crippen molar-refractivity contribution >= 4 is 6.08 Å². The molecule has 1 unspecified atom stereocenters. The Morgan fingerprint density at radius 1 is 1.50 bits per heavy atom. The fourth-order valence-corrected chi connectivity index (χ4v) is 1.63. The number of hydrogen-bond donors (Lipinski definition) is 3. The van der Waals surface area contributed by atoms with Crippen LogP contribution in [0.5, 0.6) is 0 Å². The van der Waals surface area contributed by atoms with Crippen molar-refractivity contribution in [1.82, 2.24) is 15.3 Å². The lowest BCUT2D eigenvalue weighted by atomic mass is 9.98. The Hall–Kier alpha value is -1.55.